The largest absolute Gasteiger partial charge is 0.485 e. The van der Waals surface area contributed by atoms with Crippen LogP contribution in [-0.2, 0) is 0 Å². The highest BCUT2D eigenvalue weighted by atomic mass is 32.1. The van der Waals surface area contributed by atoms with Crippen LogP contribution in [0.5, 0.6) is 5.75 Å². The van der Waals surface area contributed by atoms with E-state index in [9.17, 15) is 4.79 Å². The summed E-state index contributed by atoms with van der Waals surface area (Å²) in [5.74, 6) is 1.70. The number of aromatic nitrogens is 2. The predicted molar refractivity (Wildman–Crippen MR) is 161 cm³/mol. The molecule has 1 amide bonds. The van der Waals surface area contributed by atoms with E-state index >= 15 is 0 Å². The quantitative estimate of drug-likeness (QED) is 0.227. The Morgan fingerprint density at radius 1 is 1.16 bits per heavy atom. The lowest BCUT2D eigenvalue weighted by Crippen LogP contribution is -2.33. The Kier molecular flexibility index (Phi) is 13.8. The van der Waals surface area contributed by atoms with E-state index in [4.69, 9.17) is 4.74 Å². The van der Waals surface area contributed by atoms with Crippen molar-refractivity contribution >= 4 is 28.9 Å². The summed E-state index contributed by atoms with van der Waals surface area (Å²) in [5, 5.41) is 8.39. The average molecular weight is 540 g/mol. The summed E-state index contributed by atoms with van der Waals surface area (Å²) in [4.78, 5) is 25.6. The van der Waals surface area contributed by atoms with Crippen LogP contribution in [0.2, 0.25) is 0 Å². The molecule has 0 saturated heterocycles. The third kappa shape index (κ3) is 9.10. The number of aryl methyl sites for hydroxylation is 1. The van der Waals surface area contributed by atoms with Crippen molar-refractivity contribution in [2.24, 2.45) is 5.92 Å². The second-order valence-electron chi connectivity index (χ2n) is 8.99. The first-order chi connectivity index (χ1) is 18.5. The zero-order chi connectivity index (χ0) is 27.9. The molecule has 7 nitrogen and oxygen atoms in total. The molecule has 0 aliphatic carbocycles. The lowest BCUT2D eigenvalue weighted by atomic mass is 10.0. The summed E-state index contributed by atoms with van der Waals surface area (Å²) < 4.78 is 6.45. The molecule has 0 fully saturated rings. The van der Waals surface area contributed by atoms with E-state index in [0.717, 1.165) is 43.8 Å². The molecule has 3 rings (SSSR count). The Hall–Kier alpha value is -2.97. The van der Waals surface area contributed by atoms with E-state index in [0.29, 0.717) is 29.7 Å². The van der Waals surface area contributed by atoms with Gasteiger partial charge in [0.25, 0.3) is 5.91 Å². The standard InChI is InChI=1S/C28H39N5O2S.C2H6/c1-6-20(3)14-16-33(27(34)24-19-31-28(30-7-2)32-21(24)4)22-10-8-11-23(18-22)35-25(13-15-29-5)26-12-9-17-36-26;1-2/h8-12,17-20,25,29H,6-7,13-16H2,1-5H3,(H,30,31,32);1-2H3. The van der Waals surface area contributed by atoms with Gasteiger partial charge in [0.2, 0.25) is 5.95 Å². The van der Waals surface area contributed by atoms with Crippen LogP contribution < -0.4 is 20.3 Å². The summed E-state index contributed by atoms with van der Waals surface area (Å²) in [5.41, 5.74) is 1.99. The van der Waals surface area contributed by atoms with Crippen LogP contribution >= 0.6 is 11.3 Å². The minimum absolute atomic E-state index is 0.0498. The lowest BCUT2D eigenvalue weighted by Gasteiger charge is -2.26. The van der Waals surface area contributed by atoms with Gasteiger partial charge in [-0.1, -0.05) is 46.2 Å². The monoisotopic (exact) mass is 539 g/mol. The van der Waals surface area contributed by atoms with E-state index in [1.54, 1.807) is 17.5 Å². The van der Waals surface area contributed by atoms with Crippen molar-refractivity contribution < 1.29 is 9.53 Å². The van der Waals surface area contributed by atoms with Gasteiger partial charge < -0.3 is 20.3 Å². The number of ether oxygens (including phenoxy) is 1. The van der Waals surface area contributed by atoms with Crippen LogP contribution in [0.25, 0.3) is 0 Å². The van der Waals surface area contributed by atoms with Crippen molar-refractivity contribution in [1.29, 1.82) is 0 Å². The van der Waals surface area contributed by atoms with Gasteiger partial charge >= 0.3 is 0 Å². The smallest absolute Gasteiger partial charge is 0.261 e. The van der Waals surface area contributed by atoms with Crippen molar-refractivity contribution in [3.63, 3.8) is 0 Å². The van der Waals surface area contributed by atoms with E-state index in [-0.39, 0.29) is 12.0 Å². The van der Waals surface area contributed by atoms with Gasteiger partial charge in [-0.15, -0.1) is 11.3 Å². The number of hydrogen-bond donors (Lipinski definition) is 2. The molecule has 1 aromatic carbocycles. The maximum Gasteiger partial charge on any atom is 0.261 e. The van der Waals surface area contributed by atoms with Crippen molar-refractivity contribution in [3.8, 4) is 5.75 Å². The van der Waals surface area contributed by atoms with E-state index < -0.39 is 0 Å². The van der Waals surface area contributed by atoms with Crippen LogP contribution in [0.4, 0.5) is 11.6 Å². The summed E-state index contributed by atoms with van der Waals surface area (Å²) in [6.07, 6.45) is 4.41. The Bertz CT molecular complexity index is 1090. The minimum Gasteiger partial charge on any atom is -0.485 e. The molecule has 2 atom stereocenters. The molecule has 0 saturated carbocycles. The van der Waals surface area contributed by atoms with E-state index in [1.807, 2.05) is 70.0 Å². The highest BCUT2D eigenvalue weighted by Crippen LogP contribution is 2.31. The molecule has 3 aromatic rings. The first-order valence-corrected chi connectivity index (χ1v) is 14.7. The Morgan fingerprint density at radius 3 is 2.58 bits per heavy atom. The van der Waals surface area contributed by atoms with Crippen LogP contribution in [0.15, 0.2) is 48.0 Å². The number of amides is 1. The second kappa shape index (κ2) is 16.8. The molecule has 0 spiro atoms. The van der Waals surface area contributed by atoms with Gasteiger partial charge in [-0.25, -0.2) is 9.97 Å². The molecule has 0 bridgehead atoms. The fourth-order valence-electron chi connectivity index (χ4n) is 3.87. The SMILES string of the molecule is CC.CCNc1ncc(C(=O)N(CCC(C)CC)c2cccc(OC(CCNC)c3cccs3)c2)c(C)n1. The minimum atomic E-state index is -0.0963. The first-order valence-electron chi connectivity index (χ1n) is 13.8. The molecule has 2 N–H and O–H groups in total. The van der Waals surface area contributed by atoms with Gasteiger partial charge in [0, 0.05) is 42.3 Å². The highest BCUT2D eigenvalue weighted by molar-refractivity contribution is 7.10. The first kappa shape index (κ1) is 31.2. The lowest BCUT2D eigenvalue weighted by molar-refractivity contribution is 0.0984. The van der Waals surface area contributed by atoms with Crippen molar-refractivity contribution in [2.45, 2.75) is 66.9 Å². The number of nitrogens with one attached hydrogen (secondary N) is 2. The Morgan fingerprint density at radius 2 is 1.95 bits per heavy atom. The van der Waals surface area contributed by atoms with Gasteiger partial charge in [-0.3, -0.25) is 4.79 Å². The molecule has 0 aliphatic heterocycles. The van der Waals surface area contributed by atoms with Crippen LogP contribution in [0, 0.1) is 12.8 Å². The summed E-state index contributed by atoms with van der Waals surface area (Å²) in [6.45, 7) is 14.4. The number of rotatable bonds is 14. The molecule has 2 unspecified atom stereocenters. The number of benzene rings is 1. The van der Waals surface area contributed by atoms with E-state index in [2.05, 4.69) is 45.9 Å². The molecular weight excluding hydrogens is 494 g/mol. The summed E-state index contributed by atoms with van der Waals surface area (Å²) in [6, 6.07) is 12.0. The van der Waals surface area contributed by atoms with Crippen LogP contribution in [0.3, 0.4) is 0 Å². The summed E-state index contributed by atoms with van der Waals surface area (Å²) in [7, 11) is 1.95. The average Bonchev–Trinajstić information content (AvgIpc) is 3.47. The molecular formula is C30H45N5O2S. The number of nitrogens with zero attached hydrogens (tertiary/aromatic N) is 3. The summed E-state index contributed by atoms with van der Waals surface area (Å²) >= 11 is 1.70. The highest BCUT2D eigenvalue weighted by Gasteiger charge is 2.23. The fraction of sp³-hybridized carbons (Fsp3) is 0.500. The maximum atomic E-state index is 13.8. The Labute approximate surface area is 233 Å². The molecule has 2 heterocycles. The van der Waals surface area contributed by atoms with Gasteiger partial charge in [-0.05, 0) is 63.4 Å². The third-order valence-corrected chi connectivity index (χ3v) is 7.22. The van der Waals surface area contributed by atoms with Gasteiger partial charge in [-0.2, -0.15) is 0 Å². The zero-order valence-corrected chi connectivity index (χ0v) is 24.9. The zero-order valence-electron chi connectivity index (χ0n) is 24.1. The van der Waals surface area contributed by atoms with Crippen molar-refractivity contribution in [2.75, 3.05) is 36.9 Å². The number of carbonyl (C=O) groups excluding carboxylic acids is 1. The predicted octanol–water partition coefficient (Wildman–Crippen LogP) is 7.12. The maximum absolute atomic E-state index is 13.8. The fourth-order valence-corrected chi connectivity index (χ4v) is 4.65. The van der Waals surface area contributed by atoms with Gasteiger partial charge in [0.1, 0.15) is 11.9 Å². The second-order valence-corrected chi connectivity index (χ2v) is 9.97. The number of carbonyl (C=O) groups is 1. The van der Waals surface area contributed by atoms with Crippen LogP contribution in [0.1, 0.15) is 80.9 Å². The third-order valence-electron chi connectivity index (χ3n) is 6.26. The molecule has 208 valence electrons. The molecule has 0 radical (unpaired) electrons. The van der Waals surface area contributed by atoms with E-state index in [1.165, 1.54) is 4.88 Å². The van der Waals surface area contributed by atoms with Gasteiger partial charge in [0.15, 0.2) is 0 Å². The number of anilines is 2. The molecule has 38 heavy (non-hydrogen) atoms. The van der Waals surface area contributed by atoms with Crippen molar-refractivity contribution in [1.82, 2.24) is 15.3 Å². The Balaban J connectivity index is 0.00000247. The number of thiophene rings is 1. The normalized spacial score (nSPS) is 12.2. The molecule has 2 aromatic heterocycles. The number of hydrogen-bond acceptors (Lipinski definition) is 7. The van der Waals surface area contributed by atoms with Crippen molar-refractivity contribution in [3.05, 3.63) is 64.1 Å². The van der Waals surface area contributed by atoms with Crippen LogP contribution in [-0.4, -0.2) is 42.6 Å². The molecule has 0 aliphatic rings. The van der Waals surface area contributed by atoms with Gasteiger partial charge in [0.05, 0.1) is 11.3 Å². The molecule has 8 heteroatoms. The topological polar surface area (TPSA) is 79.4 Å².